The number of nitrogens with one attached hydrogen (secondary N) is 1. The average molecular weight is 344 g/mol. The van der Waals surface area contributed by atoms with Crippen molar-refractivity contribution in [2.45, 2.75) is 44.0 Å². The van der Waals surface area contributed by atoms with Gasteiger partial charge in [0, 0.05) is 61.7 Å². The minimum atomic E-state index is 0.145. The predicted octanol–water partition coefficient (Wildman–Crippen LogP) is 2.62. The van der Waals surface area contributed by atoms with Crippen molar-refractivity contribution in [2.75, 3.05) is 19.7 Å². The second kappa shape index (κ2) is 7.70. The normalized spacial score (nSPS) is 26.0. The first-order valence-electron chi connectivity index (χ1n) is 8.75. The highest BCUT2D eigenvalue weighted by Crippen LogP contribution is 2.29. The van der Waals surface area contributed by atoms with E-state index in [9.17, 15) is 0 Å². The summed E-state index contributed by atoms with van der Waals surface area (Å²) in [6, 6.07) is 5.10. The fourth-order valence-electron chi connectivity index (χ4n) is 3.74. The Hall–Kier alpha value is -1.34. The van der Waals surface area contributed by atoms with Crippen LogP contribution >= 0.6 is 11.3 Å². The van der Waals surface area contributed by atoms with Crippen LogP contribution in [0.25, 0.3) is 0 Å². The van der Waals surface area contributed by atoms with E-state index in [0.29, 0.717) is 12.1 Å². The lowest BCUT2D eigenvalue weighted by atomic mass is 9.99. The number of thiazole rings is 1. The predicted molar refractivity (Wildman–Crippen MR) is 94.9 cm³/mol. The van der Waals surface area contributed by atoms with Crippen LogP contribution in [0.2, 0.25) is 0 Å². The summed E-state index contributed by atoms with van der Waals surface area (Å²) < 4.78 is 5.96. The van der Waals surface area contributed by atoms with E-state index in [0.717, 1.165) is 32.7 Å². The molecule has 128 valence electrons. The van der Waals surface area contributed by atoms with Crippen LogP contribution in [0.4, 0.5) is 0 Å². The van der Waals surface area contributed by atoms with Gasteiger partial charge in [0.05, 0.1) is 17.3 Å². The van der Waals surface area contributed by atoms with Gasteiger partial charge in [-0.2, -0.15) is 0 Å². The smallest absolute Gasteiger partial charge is 0.0993 e. The monoisotopic (exact) mass is 344 g/mol. The molecule has 0 unspecified atom stereocenters. The molecule has 2 aromatic rings. The Morgan fingerprint density at radius 2 is 2.21 bits per heavy atom. The van der Waals surface area contributed by atoms with Gasteiger partial charge in [0.2, 0.25) is 0 Å². The molecule has 2 aliphatic rings. The highest BCUT2D eigenvalue weighted by molar-refractivity contribution is 7.07. The van der Waals surface area contributed by atoms with Crippen molar-refractivity contribution in [1.29, 1.82) is 0 Å². The van der Waals surface area contributed by atoms with Crippen molar-refractivity contribution in [3.8, 4) is 0 Å². The van der Waals surface area contributed by atoms with E-state index < -0.39 is 0 Å². The maximum absolute atomic E-state index is 5.96. The molecule has 2 aliphatic heterocycles. The number of likely N-dealkylation sites (tertiary alicyclic amines) is 1. The summed E-state index contributed by atoms with van der Waals surface area (Å²) in [6.07, 6.45) is 7.37. The van der Waals surface area contributed by atoms with E-state index in [1.807, 2.05) is 24.0 Å². The molecule has 0 spiro atoms. The molecule has 2 atom stereocenters. The summed E-state index contributed by atoms with van der Waals surface area (Å²) in [7, 11) is 0. The standard InChI is InChI=1S/C18H24N4OS/c1-2-14(10-19-6-1)18-17(5-9-23-18)21-15-3-7-22(8-4-15)11-16-12-24-13-20-16/h1-2,6,10,12-13,15,17-18,21H,3-5,7-9,11H2/t17-,18+/m0/s1. The summed E-state index contributed by atoms with van der Waals surface area (Å²) in [4.78, 5) is 11.1. The topological polar surface area (TPSA) is 50.3 Å². The third-order valence-electron chi connectivity index (χ3n) is 5.01. The van der Waals surface area contributed by atoms with Gasteiger partial charge in [-0.3, -0.25) is 9.88 Å². The van der Waals surface area contributed by atoms with Gasteiger partial charge < -0.3 is 10.1 Å². The van der Waals surface area contributed by atoms with Crippen LogP contribution in [0, 0.1) is 0 Å². The van der Waals surface area contributed by atoms with E-state index in [2.05, 4.69) is 31.6 Å². The van der Waals surface area contributed by atoms with E-state index in [1.54, 1.807) is 11.3 Å². The van der Waals surface area contributed by atoms with Crippen LogP contribution in [0.5, 0.6) is 0 Å². The molecular weight excluding hydrogens is 320 g/mol. The Morgan fingerprint density at radius 3 is 2.96 bits per heavy atom. The maximum atomic E-state index is 5.96. The van der Waals surface area contributed by atoms with Crippen LogP contribution < -0.4 is 5.32 Å². The van der Waals surface area contributed by atoms with Gasteiger partial charge in [-0.25, -0.2) is 4.98 Å². The SMILES string of the molecule is c1cncc([C@H]2OCC[C@@H]2NC2CCN(Cc3cscn3)CC2)c1. The summed E-state index contributed by atoms with van der Waals surface area (Å²) in [5, 5.41) is 6.00. The number of pyridine rings is 1. The number of ether oxygens (including phenoxy) is 1. The number of piperidine rings is 1. The lowest BCUT2D eigenvalue weighted by Gasteiger charge is -2.34. The lowest BCUT2D eigenvalue weighted by Crippen LogP contribution is -2.46. The van der Waals surface area contributed by atoms with Crippen LogP contribution in [-0.4, -0.2) is 46.6 Å². The van der Waals surface area contributed by atoms with Gasteiger partial charge in [-0.05, 0) is 25.3 Å². The third-order valence-corrected chi connectivity index (χ3v) is 5.65. The molecule has 0 saturated carbocycles. The van der Waals surface area contributed by atoms with Crippen LogP contribution in [0.1, 0.15) is 36.6 Å². The molecule has 0 aliphatic carbocycles. The molecule has 2 fully saturated rings. The van der Waals surface area contributed by atoms with Crippen molar-refractivity contribution in [1.82, 2.24) is 20.2 Å². The largest absolute Gasteiger partial charge is 0.372 e. The average Bonchev–Trinajstić information content (AvgIpc) is 3.29. The molecule has 0 radical (unpaired) electrons. The summed E-state index contributed by atoms with van der Waals surface area (Å²) in [5.74, 6) is 0. The Labute approximate surface area is 147 Å². The number of hydrogen-bond acceptors (Lipinski definition) is 6. The van der Waals surface area contributed by atoms with Crippen LogP contribution in [0.3, 0.4) is 0 Å². The minimum absolute atomic E-state index is 0.145. The van der Waals surface area contributed by atoms with E-state index in [4.69, 9.17) is 4.74 Å². The van der Waals surface area contributed by atoms with Crippen LogP contribution in [-0.2, 0) is 11.3 Å². The molecule has 0 amide bonds. The first-order valence-corrected chi connectivity index (χ1v) is 9.70. The maximum Gasteiger partial charge on any atom is 0.0993 e. The fourth-order valence-corrected chi connectivity index (χ4v) is 4.29. The zero-order chi connectivity index (χ0) is 16.2. The lowest BCUT2D eigenvalue weighted by molar-refractivity contribution is 0.0915. The zero-order valence-corrected chi connectivity index (χ0v) is 14.6. The Morgan fingerprint density at radius 1 is 1.29 bits per heavy atom. The highest BCUT2D eigenvalue weighted by Gasteiger charge is 2.32. The van der Waals surface area contributed by atoms with Crippen molar-refractivity contribution in [3.05, 3.63) is 46.7 Å². The molecule has 1 N–H and O–H groups in total. The second-order valence-corrected chi connectivity index (χ2v) is 7.39. The van der Waals surface area contributed by atoms with Crippen molar-refractivity contribution in [2.24, 2.45) is 0 Å². The van der Waals surface area contributed by atoms with Gasteiger partial charge >= 0.3 is 0 Å². The molecular formula is C18H24N4OS. The summed E-state index contributed by atoms with van der Waals surface area (Å²) in [6.45, 7) is 4.10. The van der Waals surface area contributed by atoms with Crippen molar-refractivity contribution in [3.63, 3.8) is 0 Å². The number of aromatic nitrogens is 2. The number of rotatable bonds is 5. The van der Waals surface area contributed by atoms with Crippen LogP contribution in [0.15, 0.2) is 35.4 Å². The summed E-state index contributed by atoms with van der Waals surface area (Å²) >= 11 is 1.68. The molecule has 0 bridgehead atoms. The Kier molecular flexibility index (Phi) is 5.18. The molecule has 4 heterocycles. The Bertz CT molecular complexity index is 613. The van der Waals surface area contributed by atoms with Gasteiger partial charge in [0.25, 0.3) is 0 Å². The zero-order valence-electron chi connectivity index (χ0n) is 13.8. The van der Waals surface area contributed by atoms with E-state index in [-0.39, 0.29) is 6.10 Å². The van der Waals surface area contributed by atoms with Gasteiger partial charge in [-0.15, -0.1) is 11.3 Å². The number of nitrogens with zero attached hydrogens (tertiary/aromatic N) is 3. The molecule has 4 rings (SSSR count). The molecule has 24 heavy (non-hydrogen) atoms. The first-order chi connectivity index (χ1) is 11.9. The van der Waals surface area contributed by atoms with E-state index >= 15 is 0 Å². The van der Waals surface area contributed by atoms with Crippen molar-refractivity contribution >= 4 is 11.3 Å². The molecule has 2 saturated heterocycles. The summed E-state index contributed by atoms with van der Waals surface area (Å²) in [5.41, 5.74) is 4.31. The molecule has 0 aromatic carbocycles. The quantitative estimate of drug-likeness (QED) is 0.904. The van der Waals surface area contributed by atoms with Crippen molar-refractivity contribution < 1.29 is 4.74 Å². The minimum Gasteiger partial charge on any atom is -0.372 e. The van der Waals surface area contributed by atoms with E-state index in [1.165, 1.54) is 24.1 Å². The molecule has 5 nitrogen and oxygen atoms in total. The first kappa shape index (κ1) is 16.1. The van der Waals surface area contributed by atoms with Gasteiger partial charge in [0.15, 0.2) is 0 Å². The fraction of sp³-hybridized carbons (Fsp3) is 0.556. The highest BCUT2D eigenvalue weighted by atomic mass is 32.1. The third kappa shape index (κ3) is 3.83. The molecule has 6 heteroatoms. The number of hydrogen-bond donors (Lipinski definition) is 1. The van der Waals surface area contributed by atoms with Gasteiger partial charge in [0.1, 0.15) is 0 Å². The Balaban J connectivity index is 1.29. The van der Waals surface area contributed by atoms with Gasteiger partial charge in [-0.1, -0.05) is 6.07 Å². The second-order valence-electron chi connectivity index (χ2n) is 6.67. The molecule has 2 aromatic heterocycles.